The monoisotopic (exact) mass is 301 g/mol. The van der Waals surface area contributed by atoms with Gasteiger partial charge in [-0.3, -0.25) is 0 Å². The van der Waals surface area contributed by atoms with Crippen molar-refractivity contribution >= 4 is 6.21 Å². The summed E-state index contributed by atoms with van der Waals surface area (Å²) in [6.45, 7) is 12.4. The van der Waals surface area contributed by atoms with Gasteiger partial charge < -0.3 is 19.8 Å². The molecule has 1 aliphatic heterocycles. The molecule has 0 aromatic carbocycles. The Morgan fingerprint density at radius 1 is 1.16 bits per heavy atom. The third-order valence-corrected chi connectivity index (χ3v) is 3.11. The predicted octanol–water partition coefficient (Wildman–Crippen LogP) is 3.36. The van der Waals surface area contributed by atoms with Crippen LogP contribution in [0.15, 0.2) is 17.0 Å². The van der Waals surface area contributed by atoms with Crippen LogP contribution in [0.5, 0.6) is 0 Å². The van der Waals surface area contributed by atoms with Gasteiger partial charge in [-0.1, -0.05) is 19.9 Å². The van der Waals surface area contributed by atoms with Gasteiger partial charge in [0.25, 0.3) is 0 Å². The molecule has 19 heavy (non-hydrogen) atoms. The van der Waals surface area contributed by atoms with E-state index in [0.29, 0.717) is 12.2 Å². The summed E-state index contributed by atoms with van der Waals surface area (Å²) < 4.78 is 11.7. The van der Waals surface area contributed by atoms with Crippen molar-refractivity contribution in [1.29, 1.82) is 0 Å². The summed E-state index contributed by atoms with van der Waals surface area (Å²) in [7, 11) is 0. The number of hydrogen-bond acceptors (Lipinski definition) is 4. The van der Waals surface area contributed by atoms with Gasteiger partial charge in [0, 0.05) is 21.7 Å². The van der Waals surface area contributed by atoms with E-state index < -0.39 is 0 Å². The Morgan fingerprint density at radius 3 is 2.26 bits per heavy atom. The number of rotatable bonds is 6. The molecule has 0 saturated heterocycles. The zero-order valence-electron chi connectivity index (χ0n) is 12.8. The topological polar surface area (TPSA) is 42.9 Å². The fraction of sp³-hybridized carbons (Fsp3) is 0.714. The molecule has 5 heteroatoms. The van der Waals surface area contributed by atoms with Gasteiger partial charge in [0.1, 0.15) is 5.60 Å². The third kappa shape index (κ3) is 6.50. The van der Waals surface area contributed by atoms with E-state index in [-0.39, 0.29) is 32.9 Å². The molecule has 0 atom stereocenters. The second kappa shape index (κ2) is 7.37. The smallest absolute Gasteiger partial charge is 0.161 e. The van der Waals surface area contributed by atoms with Crippen LogP contribution in [0.4, 0.5) is 0 Å². The maximum Gasteiger partial charge on any atom is 0.161 e. The molecule has 1 heterocycles. The van der Waals surface area contributed by atoms with Crippen molar-refractivity contribution < 1.29 is 31.2 Å². The maximum atomic E-state index is 5.86. The van der Waals surface area contributed by atoms with Gasteiger partial charge in [-0.15, -0.1) is 6.21 Å². The van der Waals surface area contributed by atoms with E-state index >= 15 is 0 Å². The first-order valence-corrected chi connectivity index (χ1v) is 6.54. The van der Waals surface area contributed by atoms with Crippen LogP contribution in [0.3, 0.4) is 0 Å². The molecule has 1 aliphatic rings. The second-order valence-electron chi connectivity index (χ2n) is 5.67. The largest absolute Gasteiger partial charge is 0.476 e. The average molecular weight is 301 g/mol. The Kier molecular flexibility index (Phi) is 7.19. The minimum absolute atomic E-state index is 0. The average Bonchev–Trinajstić information content (AvgIpc) is 2.28. The molecule has 108 valence electrons. The van der Waals surface area contributed by atoms with E-state index in [2.05, 4.69) is 38.0 Å². The number of hydrogen-bond donors (Lipinski definition) is 1. The number of nitrogens with zero attached hydrogens (tertiary/aromatic N) is 1. The predicted molar refractivity (Wildman–Crippen MR) is 73.9 cm³/mol. The number of ether oxygens (including phenoxy) is 2. The van der Waals surface area contributed by atoms with Gasteiger partial charge >= 0.3 is 0 Å². The van der Waals surface area contributed by atoms with Crippen LogP contribution >= 0.6 is 0 Å². The van der Waals surface area contributed by atoms with Crippen molar-refractivity contribution in [2.45, 2.75) is 65.6 Å². The fourth-order valence-electron chi connectivity index (χ4n) is 1.17. The van der Waals surface area contributed by atoms with Crippen molar-refractivity contribution in [2.75, 3.05) is 0 Å². The zero-order valence-corrected chi connectivity index (χ0v) is 14.4. The first-order valence-electron chi connectivity index (χ1n) is 6.54. The van der Waals surface area contributed by atoms with Crippen LogP contribution in [-0.2, 0) is 31.2 Å². The number of allylic oxidation sites excluding steroid dienone is 1. The van der Waals surface area contributed by atoms with Crippen LogP contribution in [0.25, 0.3) is 0 Å². The van der Waals surface area contributed by atoms with E-state index in [0.717, 1.165) is 12.8 Å². The van der Waals surface area contributed by atoms with Crippen molar-refractivity contribution in [3.05, 3.63) is 18.3 Å². The molecule has 0 radical (unpaired) electrons. The molecule has 4 nitrogen and oxygen atoms in total. The Balaban J connectivity index is 0.00000324. The first-order chi connectivity index (χ1) is 8.28. The van der Waals surface area contributed by atoms with Crippen LogP contribution < -0.4 is 5.32 Å². The van der Waals surface area contributed by atoms with Gasteiger partial charge in [-0.2, -0.15) is 0 Å². The van der Waals surface area contributed by atoms with Gasteiger partial charge in [-0.05, 0) is 40.5 Å². The molecule has 0 fully saturated rings. The Morgan fingerprint density at radius 2 is 1.74 bits per heavy atom. The molecule has 1 rings (SSSR count). The number of nitrogens with one attached hydrogen (secondary N) is 1. The van der Waals surface area contributed by atoms with Crippen molar-refractivity contribution in [2.24, 2.45) is 4.99 Å². The van der Waals surface area contributed by atoms with Gasteiger partial charge in [0.15, 0.2) is 5.88 Å². The van der Waals surface area contributed by atoms with Crippen molar-refractivity contribution in [1.82, 2.24) is 5.32 Å². The van der Waals surface area contributed by atoms with Crippen LogP contribution in [0.1, 0.15) is 54.4 Å². The zero-order chi connectivity index (χ0) is 13.8. The summed E-state index contributed by atoms with van der Waals surface area (Å²) in [5.41, 5.74) is -0.433. The second-order valence-corrected chi connectivity index (χ2v) is 5.67. The summed E-state index contributed by atoms with van der Waals surface area (Å²) >= 11 is 0. The Hall–Kier alpha value is -0.446. The standard InChI is InChI=1S/C14H25N2O2.Ti/c1-7-13(3,4)17-11-9-10-15-12(16-11)18-14(5,6)8-2;/h9-10,16H,7-8H2,1-6H3;/q-1;. The van der Waals surface area contributed by atoms with Gasteiger partial charge in [0.2, 0.25) is 0 Å². The van der Waals surface area contributed by atoms with Gasteiger partial charge in [0.05, 0.1) is 12.0 Å². The summed E-state index contributed by atoms with van der Waals surface area (Å²) in [6, 6.07) is 0. The molecule has 0 unspecified atom stereocenters. The summed E-state index contributed by atoms with van der Waals surface area (Å²) in [5, 5.41) is 3.07. The van der Waals surface area contributed by atoms with Crippen LogP contribution in [0.2, 0.25) is 0 Å². The van der Waals surface area contributed by atoms with E-state index in [1.54, 1.807) is 6.21 Å². The minimum Gasteiger partial charge on any atom is -0.476 e. The summed E-state index contributed by atoms with van der Waals surface area (Å²) in [6.07, 6.45) is 5.83. The molecular formula is C14H25N2O2Ti-. The van der Waals surface area contributed by atoms with E-state index in [9.17, 15) is 0 Å². The van der Waals surface area contributed by atoms with Crippen LogP contribution in [-0.4, -0.2) is 17.4 Å². The normalized spacial score (nSPS) is 15.5. The summed E-state index contributed by atoms with van der Waals surface area (Å²) in [4.78, 5) is 4.17. The maximum absolute atomic E-state index is 5.86. The molecule has 1 N–H and O–H groups in total. The van der Waals surface area contributed by atoms with E-state index in [1.807, 2.05) is 19.9 Å². The molecule has 0 aliphatic carbocycles. The van der Waals surface area contributed by atoms with E-state index in [4.69, 9.17) is 9.47 Å². The molecule has 0 spiro atoms. The third-order valence-electron chi connectivity index (χ3n) is 3.11. The molecule has 0 amide bonds. The fourth-order valence-corrected chi connectivity index (χ4v) is 1.17. The molecular weight excluding hydrogens is 276 g/mol. The molecule has 0 bridgehead atoms. The first kappa shape index (κ1) is 18.6. The van der Waals surface area contributed by atoms with Crippen molar-refractivity contribution in [3.63, 3.8) is 0 Å². The minimum atomic E-state index is -0.234. The number of aliphatic imine (C=N–C) groups is 1. The SMILES string of the molecule is CCC(C)(C)OC1=CC=N[C-](OC(C)(C)CC)N1.[Ti]. The summed E-state index contributed by atoms with van der Waals surface area (Å²) in [5.74, 6) is 0.679. The van der Waals surface area contributed by atoms with Crippen molar-refractivity contribution in [3.8, 4) is 0 Å². The molecule has 0 saturated carbocycles. The quantitative estimate of drug-likeness (QED) is 0.604. The Labute approximate surface area is 131 Å². The molecule has 0 aromatic rings. The molecule has 0 aromatic heterocycles. The van der Waals surface area contributed by atoms with Crippen LogP contribution in [0, 0.1) is 6.35 Å². The van der Waals surface area contributed by atoms with Gasteiger partial charge in [-0.25, -0.2) is 0 Å². The Bertz CT molecular complexity index is 338. The van der Waals surface area contributed by atoms with E-state index in [1.165, 1.54) is 0 Å².